The molecule has 0 radical (unpaired) electrons. The summed E-state index contributed by atoms with van der Waals surface area (Å²) in [5, 5.41) is 3.64. The minimum absolute atomic E-state index is 0.257. The number of hydrogen-bond acceptors (Lipinski definition) is 4. The first-order valence-corrected chi connectivity index (χ1v) is 12.8. The molecule has 0 bridgehead atoms. The van der Waals surface area contributed by atoms with Crippen LogP contribution in [0, 0.1) is 0 Å². The number of thioether (sulfide) groups is 1. The Bertz CT molecular complexity index is 1030. The van der Waals surface area contributed by atoms with Gasteiger partial charge in [-0.25, -0.2) is 0 Å². The summed E-state index contributed by atoms with van der Waals surface area (Å²) in [4.78, 5) is 6.64. The molecule has 3 aromatic carbocycles. The van der Waals surface area contributed by atoms with Crippen molar-refractivity contribution in [2.45, 2.75) is 11.2 Å². The van der Waals surface area contributed by atoms with Gasteiger partial charge in [0.15, 0.2) is 0 Å². The maximum atomic E-state index is 4.53. The first-order chi connectivity index (χ1) is 16.7. The summed E-state index contributed by atoms with van der Waals surface area (Å²) >= 11 is 2.00. The Morgan fingerprint density at radius 2 is 1.26 bits per heavy atom. The average molecular weight is 468 g/mol. The molecule has 0 aliphatic heterocycles. The summed E-state index contributed by atoms with van der Waals surface area (Å²) < 4.78 is -0.257. The molecule has 4 aromatic rings. The molecule has 0 spiro atoms. The second-order valence-electron chi connectivity index (χ2n) is 8.53. The molecule has 0 saturated carbocycles. The van der Waals surface area contributed by atoms with Gasteiger partial charge in [-0.1, -0.05) is 91.0 Å². The van der Waals surface area contributed by atoms with Crippen molar-refractivity contribution < 1.29 is 0 Å². The van der Waals surface area contributed by atoms with Gasteiger partial charge in [-0.3, -0.25) is 4.98 Å². The monoisotopic (exact) mass is 467 g/mol. The quantitative estimate of drug-likeness (QED) is 0.216. The lowest BCUT2D eigenvalue weighted by Gasteiger charge is -2.35. The molecule has 0 atom stereocenters. The predicted octanol–water partition coefficient (Wildman–Crippen LogP) is 6.01. The lowest BCUT2D eigenvalue weighted by molar-refractivity contribution is 0.710. The molecule has 0 unspecified atom stereocenters. The summed E-state index contributed by atoms with van der Waals surface area (Å²) in [6.45, 7) is 1.85. The third-order valence-electron chi connectivity index (χ3n) is 6.01. The van der Waals surface area contributed by atoms with Crippen LogP contribution in [0.3, 0.4) is 0 Å². The number of benzene rings is 3. The van der Waals surface area contributed by atoms with E-state index in [0.29, 0.717) is 0 Å². The van der Waals surface area contributed by atoms with Crippen LogP contribution in [0.1, 0.15) is 22.4 Å². The summed E-state index contributed by atoms with van der Waals surface area (Å²) in [6, 6.07) is 36.9. The third-order valence-corrected chi connectivity index (χ3v) is 7.56. The number of anilines is 1. The molecule has 174 valence electrons. The molecule has 34 heavy (non-hydrogen) atoms. The van der Waals surface area contributed by atoms with E-state index in [1.807, 2.05) is 24.0 Å². The SMILES string of the molecule is CN(C)c1ccnc(CCNCCSC(c2ccccc2)(c2ccccc2)c2ccccc2)c1. The maximum Gasteiger partial charge on any atom is 0.0907 e. The standard InChI is InChI=1S/C30H33N3S/c1-33(2)29-19-21-32-28(24-29)18-20-31-22-23-34-30(25-12-6-3-7-13-25,26-14-8-4-9-15-26)27-16-10-5-11-17-27/h3-17,19,21,24,31H,18,20,22-23H2,1-2H3. The van der Waals surface area contributed by atoms with Crippen LogP contribution in [0.4, 0.5) is 5.69 Å². The van der Waals surface area contributed by atoms with Gasteiger partial charge in [0, 0.05) is 56.9 Å². The van der Waals surface area contributed by atoms with Gasteiger partial charge >= 0.3 is 0 Å². The Balaban J connectivity index is 1.48. The first-order valence-electron chi connectivity index (χ1n) is 11.8. The van der Waals surface area contributed by atoms with E-state index in [-0.39, 0.29) is 4.75 Å². The summed E-state index contributed by atoms with van der Waals surface area (Å²) in [6.07, 6.45) is 2.82. The number of hydrogen-bond donors (Lipinski definition) is 1. The summed E-state index contributed by atoms with van der Waals surface area (Å²) in [5.74, 6) is 0.990. The van der Waals surface area contributed by atoms with E-state index in [4.69, 9.17) is 0 Å². The Kier molecular flexibility index (Phi) is 8.40. The van der Waals surface area contributed by atoms with Crippen molar-refractivity contribution in [3.8, 4) is 0 Å². The molecular formula is C30H33N3S. The zero-order chi connectivity index (χ0) is 23.6. The molecule has 0 aliphatic carbocycles. The van der Waals surface area contributed by atoms with E-state index in [2.05, 4.69) is 126 Å². The fourth-order valence-electron chi connectivity index (χ4n) is 4.27. The highest BCUT2D eigenvalue weighted by Gasteiger charge is 2.36. The normalized spacial score (nSPS) is 11.4. The van der Waals surface area contributed by atoms with Gasteiger partial charge < -0.3 is 10.2 Å². The minimum Gasteiger partial charge on any atom is -0.378 e. The molecule has 0 aliphatic rings. The van der Waals surface area contributed by atoms with Crippen LogP contribution in [0.2, 0.25) is 0 Å². The Hall–Kier alpha value is -3.08. The largest absolute Gasteiger partial charge is 0.378 e. The Morgan fingerprint density at radius 1 is 0.735 bits per heavy atom. The molecule has 1 aromatic heterocycles. The van der Waals surface area contributed by atoms with Crippen LogP contribution >= 0.6 is 11.8 Å². The van der Waals surface area contributed by atoms with Crippen LogP contribution in [0.25, 0.3) is 0 Å². The third kappa shape index (κ3) is 5.69. The Labute approximate surface area is 208 Å². The molecule has 0 saturated heterocycles. The minimum atomic E-state index is -0.257. The maximum absolute atomic E-state index is 4.53. The molecule has 3 nitrogen and oxygen atoms in total. The van der Waals surface area contributed by atoms with E-state index in [9.17, 15) is 0 Å². The van der Waals surface area contributed by atoms with Crippen LogP contribution in [0.15, 0.2) is 109 Å². The van der Waals surface area contributed by atoms with Crippen molar-refractivity contribution in [1.82, 2.24) is 10.3 Å². The number of pyridine rings is 1. The van der Waals surface area contributed by atoms with Crippen molar-refractivity contribution >= 4 is 17.4 Å². The fourth-order valence-corrected chi connectivity index (χ4v) is 5.73. The van der Waals surface area contributed by atoms with E-state index >= 15 is 0 Å². The van der Waals surface area contributed by atoms with Crippen molar-refractivity contribution in [3.63, 3.8) is 0 Å². The summed E-state index contributed by atoms with van der Waals surface area (Å²) in [7, 11) is 4.13. The fraction of sp³-hybridized carbons (Fsp3) is 0.233. The lowest BCUT2D eigenvalue weighted by Crippen LogP contribution is -2.28. The van der Waals surface area contributed by atoms with Crippen LogP contribution in [-0.4, -0.2) is 37.9 Å². The van der Waals surface area contributed by atoms with E-state index < -0.39 is 0 Å². The number of rotatable bonds is 11. The van der Waals surface area contributed by atoms with E-state index in [1.165, 1.54) is 22.4 Å². The van der Waals surface area contributed by atoms with Crippen LogP contribution < -0.4 is 10.2 Å². The van der Waals surface area contributed by atoms with E-state index in [0.717, 1.165) is 31.0 Å². The molecular weight excluding hydrogens is 434 g/mol. The second kappa shape index (κ2) is 11.9. The first kappa shape index (κ1) is 24.1. The van der Waals surface area contributed by atoms with Gasteiger partial charge in [0.25, 0.3) is 0 Å². The van der Waals surface area contributed by atoms with Crippen molar-refractivity contribution in [2.24, 2.45) is 0 Å². The number of nitrogens with one attached hydrogen (secondary N) is 1. The topological polar surface area (TPSA) is 28.2 Å². The van der Waals surface area contributed by atoms with Gasteiger partial charge in [-0.05, 0) is 28.8 Å². The second-order valence-corrected chi connectivity index (χ2v) is 9.84. The van der Waals surface area contributed by atoms with Gasteiger partial charge in [0.2, 0.25) is 0 Å². The van der Waals surface area contributed by atoms with Crippen LogP contribution in [-0.2, 0) is 11.2 Å². The van der Waals surface area contributed by atoms with Crippen molar-refractivity contribution in [3.05, 3.63) is 132 Å². The number of aromatic nitrogens is 1. The lowest BCUT2D eigenvalue weighted by atomic mass is 9.84. The molecule has 4 rings (SSSR count). The molecule has 1 N–H and O–H groups in total. The molecule has 1 heterocycles. The van der Waals surface area contributed by atoms with Crippen molar-refractivity contribution in [1.29, 1.82) is 0 Å². The number of nitrogens with zero attached hydrogens (tertiary/aromatic N) is 2. The molecule has 4 heteroatoms. The smallest absolute Gasteiger partial charge is 0.0907 e. The van der Waals surface area contributed by atoms with Gasteiger partial charge in [-0.2, -0.15) is 0 Å². The highest BCUT2D eigenvalue weighted by molar-refractivity contribution is 8.00. The van der Waals surface area contributed by atoms with Gasteiger partial charge in [-0.15, -0.1) is 11.8 Å². The van der Waals surface area contributed by atoms with Crippen LogP contribution in [0.5, 0.6) is 0 Å². The van der Waals surface area contributed by atoms with Gasteiger partial charge in [0.1, 0.15) is 0 Å². The zero-order valence-corrected chi connectivity index (χ0v) is 20.8. The highest BCUT2D eigenvalue weighted by Crippen LogP contribution is 2.48. The average Bonchev–Trinajstić information content (AvgIpc) is 2.90. The van der Waals surface area contributed by atoms with E-state index in [1.54, 1.807) is 0 Å². The van der Waals surface area contributed by atoms with Gasteiger partial charge in [0.05, 0.1) is 4.75 Å². The van der Waals surface area contributed by atoms with Crippen molar-refractivity contribution in [2.75, 3.05) is 37.8 Å². The summed E-state index contributed by atoms with van der Waals surface area (Å²) in [5.41, 5.74) is 6.24. The highest BCUT2D eigenvalue weighted by atomic mass is 32.2. The zero-order valence-electron chi connectivity index (χ0n) is 20.0. The molecule has 0 amide bonds. The Morgan fingerprint density at radius 3 is 1.76 bits per heavy atom. The predicted molar refractivity (Wildman–Crippen MR) is 147 cm³/mol. The molecule has 0 fully saturated rings.